The summed E-state index contributed by atoms with van der Waals surface area (Å²) in [6.45, 7) is 5.76. The van der Waals surface area contributed by atoms with Gasteiger partial charge in [0.05, 0.1) is 12.8 Å². The van der Waals surface area contributed by atoms with E-state index in [1.165, 1.54) is 18.1 Å². The molecular formula is C17H24ClFN4O4. The zero-order valence-corrected chi connectivity index (χ0v) is 16.6. The molecule has 0 aliphatic carbocycles. The number of ether oxygens (including phenoxy) is 2. The Labute approximate surface area is 162 Å². The van der Waals surface area contributed by atoms with Gasteiger partial charge in [0.25, 0.3) is 0 Å². The van der Waals surface area contributed by atoms with E-state index in [4.69, 9.17) is 16.3 Å². The SMILES string of the molecule is COC(=O)c1nnc(Cl)cc1NCC1(F)CCN(C(=O)OC(C)(C)C)CC1. The molecule has 150 valence electrons. The molecule has 0 bridgehead atoms. The molecule has 1 aliphatic heterocycles. The van der Waals surface area contributed by atoms with Gasteiger partial charge in [-0.1, -0.05) is 11.6 Å². The maximum absolute atomic E-state index is 15.1. The lowest BCUT2D eigenvalue weighted by molar-refractivity contribution is 0.00571. The lowest BCUT2D eigenvalue weighted by Gasteiger charge is -2.37. The summed E-state index contributed by atoms with van der Waals surface area (Å²) >= 11 is 5.81. The number of methoxy groups -OCH3 is 1. The number of halogens is 2. The van der Waals surface area contributed by atoms with Crippen LogP contribution in [-0.4, -0.2) is 65.2 Å². The van der Waals surface area contributed by atoms with Crippen LogP contribution < -0.4 is 5.32 Å². The van der Waals surface area contributed by atoms with Gasteiger partial charge >= 0.3 is 12.1 Å². The Balaban J connectivity index is 1.97. The number of hydrogen-bond acceptors (Lipinski definition) is 7. The summed E-state index contributed by atoms with van der Waals surface area (Å²) in [6.07, 6.45) is -0.173. The van der Waals surface area contributed by atoms with E-state index in [0.717, 1.165) is 0 Å². The second-order valence-corrected chi connectivity index (χ2v) is 7.78. The molecule has 1 N–H and O–H groups in total. The van der Waals surface area contributed by atoms with Gasteiger partial charge in [-0.05, 0) is 20.8 Å². The molecule has 0 aromatic carbocycles. The number of aromatic nitrogens is 2. The Hall–Kier alpha value is -2.16. The maximum Gasteiger partial charge on any atom is 0.410 e. The van der Waals surface area contributed by atoms with E-state index in [1.807, 2.05) is 0 Å². The van der Waals surface area contributed by atoms with Crippen LogP contribution in [0.3, 0.4) is 0 Å². The van der Waals surface area contributed by atoms with Crippen LogP contribution in [0, 0.1) is 0 Å². The van der Waals surface area contributed by atoms with Crippen LogP contribution >= 0.6 is 11.6 Å². The number of piperidine rings is 1. The predicted octanol–water partition coefficient (Wildman–Crippen LogP) is 3.07. The quantitative estimate of drug-likeness (QED) is 0.773. The first-order valence-electron chi connectivity index (χ1n) is 8.55. The van der Waals surface area contributed by atoms with Crippen LogP contribution in [0.15, 0.2) is 6.07 Å². The van der Waals surface area contributed by atoms with Gasteiger partial charge in [-0.15, -0.1) is 10.2 Å². The molecule has 1 amide bonds. The third kappa shape index (κ3) is 5.92. The van der Waals surface area contributed by atoms with Crippen LogP contribution in [0.5, 0.6) is 0 Å². The summed E-state index contributed by atoms with van der Waals surface area (Å²) in [5.74, 6) is -0.700. The molecule has 8 nitrogen and oxygen atoms in total. The number of likely N-dealkylation sites (tertiary alicyclic amines) is 1. The molecule has 1 fully saturated rings. The lowest BCUT2D eigenvalue weighted by Crippen LogP contribution is -2.48. The molecule has 0 spiro atoms. The highest BCUT2D eigenvalue weighted by Gasteiger charge is 2.37. The van der Waals surface area contributed by atoms with Gasteiger partial charge in [0.2, 0.25) is 0 Å². The molecule has 10 heteroatoms. The molecule has 1 aromatic rings. The third-order valence-corrected chi connectivity index (χ3v) is 4.23. The Morgan fingerprint density at radius 3 is 2.52 bits per heavy atom. The highest BCUT2D eigenvalue weighted by molar-refractivity contribution is 6.29. The van der Waals surface area contributed by atoms with Crippen LogP contribution in [0.25, 0.3) is 0 Å². The highest BCUT2D eigenvalue weighted by Crippen LogP contribution is 2.29. The smallest absolute Gasteiger partial charge is 0.410 e. The van der Waals surface area contributed by atoms with Gasteiger partial charge in [0, 0.05) is 38.5 Å². The first-order chi connectivity index (χ1) is 12.5. The largest absolute Gasteiger partial charge is 0.464 e. The zero-order valence-electron chi connectivity index (χ0n) is 15.8. The minimum atomic E-state index is -1.55. The normalized spacial score (nSPS) is 16.6. The van der Waals surface area contributed by atoms with Gasteiger partial charge in [-0.25, -0.2) is 14.0 Å². The summed E-state index contributed by atoms with van der Waals surface area (Å²) in [4.78, 5) is 25.3. The van der Waals surface area contributed by atoms with Crippen molar-refractivity contribution in [3.05, 3.63) is 16.9 Å². The van der Waals surface area contributed by atoms with Crippen molar-refractivity contribution in [1.82, 2.24) is 15.1 Å². The first kappa shape index (κ1) is 21.1. The molecule has 1 saturated heterocycles. The first-order valence-corrected chi connectivity index (χ1v) is 8.93. The monoisotopic (exact) mass is 402 g/mol. The second kappa shape index (κ2) is 8.24. The number of nitrogens with one attached hydrogen (secondary N) is 1. The highest BCUT2D eigenvalue weighted by atomic mass is 35.5. The summed E-state index contributed by atoms with van der Waals surface area (Å²) in [7, 11) is 1.21. The van der Waals surface area contributed by atoms with E-state index in [2.05, 4.69) is 20.3 Å². The van der Waals surface area contributed by atoms with Gasteiger partial charge in [-0.3, -0.25) is 0 Å². The number of nitrogens with zero attached hydrogens (tertiary/aromatic N) is 3. The van der Waals surface area contributed by atoms with E-state index in [9.17, 15) is 9.59 Å². The summed E-state index contributed by atoms with van der Waals surface area (Å²) in [5, 5.41) is 10.2. The second-order valence-electron chi connectivity index (χ2n) is 7.39. The Morgan fingerprint density at radius 1 is 1.33 bits per heavy atom. The number of hydrogen-bond donors (Lipinski definition) is 1. The van der Waals surface area contributed by atoms with Crippen LogP contribution in [-0.2, 0) is 9.47 Å². The molecule has 1 aliphatic rings. The summed E-state index contributed by atoms with van der Waals surface area (Å²) in [6, 6.07) is 1.39. The van der Waals surface area contributed by atoms with Gasteiger partial charge in [0.1, 0.15) is 11.3 Å². The van der Waals surface area contributed by atoms with Crippen molar-refractivity contribution < 1.29 is 23.5 Å². The number of carbonyl (C=O) groups is 2. The molecule has 0 atom stereocenters. The topological polar surface area (TPSA) is 93.6 Å². The summed E-state index contributed by atoms with van der Waals surface area (Å²) < 4.78 is 25.1. The summed E-state index contributed by atoms with van der Waals surface area (Å²) in [5.41, 5.74) is -1.98. The molecule has 1 aromatic heterocycles. The van der Waals surface area contributed by atoms with Gasteiger partial charge in [-0.2, -0.15) is 0 Å². The van der Waals surface area contributed by atoms with Crippen molar-refractivity contribution in [3.63, 3.8) is 0 Å². The van der Waals surface area contributed by atoms with Crippen LogP contribution in [0.1, 0.15) is 44.1 Å². The van der Waals surface area contributed by atoms with Crippen molar-refractivity contribution in [2.75, 3.05) is 32.1 Å². The molecule has 2 heterocycles. The van der Waals surface area contributed by atoms with Crippen molar-refractivity contribution in [2.24, 2.45) is 0 Å². The van der Waals surface area contributed by atoms with Crippen molar-refractivity contribution in [3.8, 4) is 0 Å². The molecule has 2 rings (SSSR count). The number of carbonyl (C=O) groups excluding carboxylic acids is 2. The Morgan fingerprint density at radius 2 is 1.96 bits per heavy atom. The minimum absolute atomic E-state index is 0.0674. The molecule has 0 saturated carbocycles. The molecule has 27 heavy (non-hydrogen) atoms. The fraction of sp³-hybridized carbons (Fsp3) is 0.647. The molecule has 0 unspecified atom stereocenters. The zero-order chi connectivity index (χ0) is 20.2. The number of rotatable bonds is 4. The van der Waals surface area contributed by atoms with E-state index in [1.54, 1.807) is 20.8 Å². The lowest BCUT2D eigenvalue weighted by atomic mass is 9.93. The molecule has 0 radical (unpaired) electrons. The van der Waals surface area contributed by atoms with Gasteiger partial charge in [0.15, 0.2) is 10.8 Å². The van der Waals surface area contributed by atoms with Gasteiger partial charge < -0.3 is 19.7 Å². The predicted molar refractivity (Wildman–Crippen MR) is 97.8 cm³/mol. The third-order valence-electron chi connectivity index (χ3n) is 4.05. The average molecular weight is 403 g/mol. The number of alkyl halides is 1. The fourth-order valence-electron chi connectivity index (χ4n) is 2.60. The van der Waals surface area contributed by atoms with Crippen molar-refractivity contribution >= 4 is 29.4 Å². The maximum atomic E-state index is 15.1. The van der Waals surface area contributed by atoms with E-state index in [0.29, 0.717) is 0 Å². The number of esters is 1. The number of anilines is 1. The fourth-order valence-corrected chi connectivity index (χ4v) is 2.74. The minimum Gasteiger partial charge on any atom is -0.464 e. The van der Waals surface area contributed by atoms with Crippen molar-refractivity contribution in [1.29, 1.82) is 0 Å². The van der Waals surface area contributed by atoms with Crippen molar-refractivity contribution in [2.45, 2.75) is 44.9 Å². The molecular weight excluding hydrogens is 379 g/mol. The average Bonchev–Trinajstić information content (AvgIpc) is 2.58. The number of amides is 1. The van der Waals surface area contributed by atoms with E-state index in [-0.39, 0.29) is 49.0 Å². The van der Waals surface area contributed by atoms with E-state index < -0.39 is 23.3 Å². The standard InChI is InChI=1S/C17H24ClFN4O4/c1-16(2,3)27-15(25)23-7-5-17(19,6-8-23)10-20-11-9-12(18)21-22-13(11)14(24)26-4/h9H,5-8,10H2,1-4H3,(H,20,21). The van der Waals surface area contributed by atoms with Crippen LogP contribution in [0.2, 0.25) is 5.15 Å². The van der Waals surface area contributed by atoms with Crippen LogP contribution in [0.4, 0.5) is 14.9 Å². The van der Waals surface area contributed by atoms with E-state index >= 15 is 4.39 Å². The Bertz CT molecular complexity index is 703. The Kier molecular flexibility index (Phi) is 6.46.